The lowest BCUT2D eigenvalue weighted by Gasteiger charge is -2.16. The molecule has 3 aromatic rings. The Balaban J connectivity index is 1.59. The molecule has 0 aliphatic rings. The summed E-state index contributed by atoms with van der Waals surface area (Å²) < 4.78 is 34.8. The number of methoxy groups -OCH3 is 1. The lowest BCUT2D eigenvalue weighted by atomic mass is 10.1. The summed E-state index contributed by atoms with van der Waals surface area (Å²) in [5, 5.41) is 11.8. The van der Waals surface area contributed by atoms with Gasteiger partial charge < -0.3 is 14.8 Å². The number of halogens is 2. The first-order valence-corrected chi connectivity index (χ1v) is 10.7. The van der Waals surface area contributed by atoms with Crippen LogP contribution >= 0.6 is 11.3 Å². The molecular formula is C22H24F2N4O3S. The number of amides is 1. The second-order valence-electron chi connectivity index (χ2n) is 7.04. The van der Waals surface area contributed by atoms with E-state index in [1.165, 1.54) is 30.1 Å². The number of ether oxygens (including phenoxy) is 2. The highest BCUT2D eigenvalue weighted by Gasteiger charge is 2.16. The molecule has 2 aromatic carbocycles. The van der Waals surface area contributed by atoms with E-state index in [1.54, 1.807) is 12.1 Å². The zero-order valence-electron chi connectivity index (χ0n) is 18.0. The molecule has 0 bridgehead atoms. The minimum Gasteiger partial charge on any atom is -0.493 e. The van der Waals surface area contributed by atoms with E-state index in [2.05, 4.69) is 27.2 Å². The van der Waals surface area contributed by atoms with Crippen molar-refractivity contribution in [3.8, 4) is 11.5 Å². The summed E-state index contributed by atoms with van der Waals surface area (Å²) in [4.78, 5) is 14.4. The Labute approximate surface area is 189 Å². The molecule has 0 atom stereocenters. The van der Waals surface area contributed by atoms with Crippen LogP contribution in [0, 0.1) is 0 Å². The lowest BCUT2D eigenvalue weighted by Crippen LogP contribution is -2.17. The van der Waals surface area contributed by atoms with Gasteiger partial charge in [0.2, 0.25) is 5.01 Å². The highest BCUT2D eigenvalue weighted by molar-refractivity contribution is 7.13. The first-order valence-electron chi connectivity index (χ1n) is 9.91. The maximum atomic E-state index is 12.6. The summed E-state index contributed by atoms with van der Waals surface area (Å²) in [6.45, 7) is 0.0206. The van der Waals surface area contributed by atoms with Gasteiger partial charge in [0, 0.05) is 12.2 Å². The lowest BCUT2D eigenvalue weighted by molar-refractivity contribution is -0.0512. The van der Waals surface area contributed by atoms with Crippen molar-refractivity contribution in [3.63, 3.8) is 0 Å². The van der Waals surface area contributed by atoms with Gasteiger partial charge in [-0.05, 0) is 48.9 Å². The van der Waals surface area contributed by atoms with Crippen LogP contribution < -0.4 is 14.8 Å². The van der Waals surface area contributed by atoms with Crippen LogP contribution in [0.2, 0.25) is 0 Å². The Morgan fingerprint density at radius 3 is 2.47 bits per heavy atom. The average molecular weight is 463 g/mol. The van der Waals surface area contributed by atoms with Crippen molar-refractivity contribution in [2.24, 2.45) is 0 Å². The van der Waals surface area contributed by atoms with Crippen molar-refractivity contribution in [2.75, 3.05) is 19.5 Å². The van der Waals surface area contributed by atoms with Gasteiger partial charge in [0.15, 0.2) is 11.5 Å². The minimum absolute atomic E-state index is 0.0183. The number of carbonyl (C=O) groups excluding carboxylic acids is 1. The van der Waals surface area contributed by atoms with Crippen LogP contribution in [0.4, 0.5) is 14.5 Å². The summed E-state index contributed by atoms with van der Waals surface area (Å²) in [7, 11) is 3.25. The maximum absolute atomic E-state index is 12.6. The number of benzene rings is 2. The maximum Gasteiger partial charge on any atom is 0.387 e. The number of hydrogen-bond acceptors (Lipinski definition) is 7. The van der Waals surface area contributed by atoms with Crippen LogP contribution in [0.3, 0.4) is 0 Å². The Kier molecular flexibility index (Phi) is 8.07. The molecule has 0 aliphatic carbocycles. The third-order valence-corrected chi connectivity index (χ3v) is 5.49. The standard InChI is InChI=1S/C22H24F2N4O3S/c1-4-14-5-8-16(9-6-14)25-20(29)21-27-26-19(32-21)13-28(2)12-15-7-10-17(30-3)18(11-15)31-22(23)24/h5-11,22H,4,12-13H2,1-3H3,(H,25,29). The molecule has 1 amide bonds. The van der Waals surface area contributed by atoms with Crippen LogP contribution in [0.5, 0.6) is 11.5 Å². The van der Waals surface area contributed by atoms with E-state index < -0.39 is 6.61 Å². The molecule has 3 rings (SSSR count). The topological polar surface area (TPSA) is 76.6 Å². The Hall–Kier alpha value is -3.11. The molecule has 0 saturated heterocycles. The molecule has 7 nitrogen and oxygen atoms in total. The van der Waals surface area contributed by atoms with Crippen molar-refractivity contribution < 1.29 is 23.0 Å². The second-order valence-corrected chi connectivity index (χ2v) is 8.10. The molecule has 0 spiro atoms. The smallest absolute Gasteiger partial charge is 0.387 e. The van der Waals surface area contributed by atoms with Gasteiger partial charge in [-0.25, -0.2) is 0 Å². The van der Waals surface area contributed by atoms with E-state index >= 15 is 0 Å². The molecule has 0 aliphatic heterocycles. The number of anilines is 1. The number of carbonyl (C=O) groups is 1. The van der Waals surface area contributed by atoms with E-state index in [1.807, 2.05) is 36.2 Å². The molecular weight excluding hydrogens is 438 g/mol. The summed E-state index contributed by atoms with van der Waals surface area (Å²) in [5.41, 5.74) is 2.65. The van der Waals surface area contributed by atoms with Gasteiger partial charge in [-0.3, -0.25) is 9.69 Å². The Bertz CT molecular complexity index is 1040. The van der Waals surface area contributed by atoms with E-state index in [4.69, 9.17) is 4.74 Å². The molecule has 32 heavy (non-hydrogen) atoms. The molecule has 1 heterocycles. The predicted molar refractivity (Wildman–Crippen MR) is 118 cm³/mol. The number of hydrogen-bond donors (Lipinski definition) is 1. The normalized spacial score (nSPS) is 11.1. The van der Waals surface area contributed by atoms with Crippen LogP contribution in [-0.2, 0) is 19.5 Å². The first-order chi connectivity index (χ1) is 15.4. The highest BCUT2D eigenvalue weighted by Crippen LogP contribution is 2.30. The van der Waals surface area contributed by atoms with E-state index in [9.17, 15) is 13.6 Å². The molecule has 0 unspecified atom stereocenters. The molecule has 0 saturated carbocycles. The van der Waals surface area contributed by atoms with E-state index in [0.29, 0.717) is 23.8 Å². The SMILES string of the molecule is CCc1ccc(NC(=O)c2nnc(CN(C)Cc3ccc(OC)c(OC(F)F)c3)s2)cc1. The predicted octanol–water partition coefficient (Wildman–Crippen LogP) is 4.59. The molecule has 10 heteroatoms. The van der Waals surface area contributed by atoms with Crippen molar-refractivity contribution in [1.29, 1.82) is 0 Å². The van der Waals surface area contributed by atoms with E-state index in [-0.39, 0.29) is 22.4 Å². The summed E-state index contributed by atoms with van der Waals surface area (Å²) in [6.07, 6.45) is 0.929. The van der Waals surface area contributed by atoms with Crippen LogP contribution in [-0.4, -0.2) is 41.8 Å². The van der Waals surface area contributed by atoms with Gasteiger partial charge in [0.05, 0.1) is 13.7 Å². The number of nitrogens with zero attached hydrogens (tertiary/aromatic N) is 3. The summed E-state index contributed by atoms with van der Waals surface area (Å²) in [6, 6.07) is 12.5. The van der Waals surface area contributed by atoms with E-state index in [0.717, 1.165) is 12.0 Å². The fourth-order valence-corrected chi connectivity index (χ4v) is 3.84. The minimum atomic E-state index is -2.94. The van der Waals surface area contributed by atoms with Gasteiger partial charge in [-0.15, -0.1) is 10.2 Å². The second kappa shape index (κ2) is 11.0. The molecule has 1 N–H and O–H groups in total. The zero-order chi connectivity index (χ0) is 23.1. The average Bonchev–Trinajstić information content (AvgIpc) is 3.22. The van der Waals surface area contributed by atoms with Gasteiger partial charge in [0.1, 0.15) is 5.01 Å². The van der Waals surface area contributed by atoms with Gasteiger partial charge >= 0.3 is 6.61 Å². The number of rotatable bonds is 10. The Morgan fingerprint density at radius 1 is 1.09 bits per heavy atom. The molecule has 170 valence electrons. The highest BCUT2D eigenvalue weighted by atomic mass is 32.1. The number of nitrogens with one attached hydrogen (secondary N) is 1. The monoisotopic (exact) mass is 462 g/mol. The van der Waals surface area contributed by atoms with Crippen LogP contribution in [0.25, 0.3) is 0 Å². The van der Waals surface area contributed by atoms with Crippen molar-refractivity contribution in [1.82, 2.24) is 15.1 Å². The van der Waals surface area contributed by atoms with Crippen LogP contribution in [0.1, 0.15) is 32.9 Å². The van der Waals surface area contributed by atoms with Crippen molar-refractivity contribution in [3.05, 3.63) is 63.6 Å². The molecule has 0 fully saturated rings. The summed E-state index contributed by atoms with van der Waals surface area (Å²) in [5.74, 6) is -0.0966. The molecule has 1 aromatic heterocycles. The van der Waals surface area contributed by atoms with Crippen LogP contribution in [0.15, 0.2) is 42.5 Å². The largest absolute Gasteiger partial charge is 0.493 e. The third-order valence-electron chi connectivity index (χ3n) is 4.58. The first kappa shape index (κ1) is 23.6. The van der Waals surface area contributed by atoms with Gasteiger partial charge in [-0.1, -0.05) is 36.5 Å². The van der Waals surface area contributed by atoms with Gasteiger partial charge in [0.25, 0.3) is 5.91 Å². The van der Waals surface area contributed by atoms with Gasteiger partial charge in [-0.2, -0.15) is 8.78 Å². The van der Waals surface area contributed by atoms with Crippen molar-refractivity contribution in [2.45, 2.75) is 33.0 Å². The summed E-state index contributed by atoms with van der Waals surface area (Å²) >= 11 is 1.20. The fraction of sp³-hybridized carbons (Fsp3) is 0.318. The number of aromatic nitrogens is 2. The number of aryl methyl sites for hydroxylation is 1. The molecule has 0 radical (unpaired) electrons. The third kappa shape index (κ3) is 6.44. The van der Waals surface area contributed by atoms with Crippen molar-refractivity contribution >= 4 is 22.9 Å². The quantitative estimate of drug-likeness (QED) is 0.475. The number of alkyl halides is 2. The zero-order valence-corrected chi connectivity index (χ0v) is 18.8. The Morgan fingerprint density at radius 2 is 1.81 bits per heavy atom. The fourth-order valence-electron chi connectivity index (χ4n) is 3.02.